The van der Waals surface area contributed by atoms with Crippen molar-refractivity contribution in [1.82, 2.24) is 4.90 Å². The van der Waals surface area contributed by atoms with Gasteiger partial charge in [-0.1, -0.05) is 42.6 Å². The maximum atomic E-state index is 12.5. The number of nitrogens with zero attached hydrogens (tertiary/aromatic N) is 1. The van der Waals surface area contributed by atoms with Crippen LogP contribution in [0, 0.1) is 5.92 Å². The van der Waals surface area contributed by atoms with Crippen LogP contribution in [0.3, 0.4) is 0 Å². The van der Waals surface area contributed by atoms with Crippen molar-refractivity contribution in [1.29, 1.82) is 0 Å². The molecule has 3 nitrogen and oxygen atoms in total. The Kier molecular flexibility index (Phi) is 3.98. The van der Waals surface area contributed by atoms with Crippen LogP contribution in [0.15, 0.2) is 24.3 Å². The molecule has 2 unspecified atom stereocenters. The van der Waals surface area contributed by atoms with Gasteiger partial charge in [0.25, 0.3) is 0 Å². The van der Waals surface area contributed by atoms with Gasteiger partial charge in [-0.05, 0) is 36.8 Å². The van der Waals surface area contributed by atoms with Crippen molar-refractivity contribution in [2.24, 2.45) is 5.92 Å². The number of aliphatic hydroxyl groups is 1. The van der Waals surface area contributed by atoms with Gasteiger partial charge < -0.3 is 10.0 Å². The third-order valence-corrected chi connectivity index (χ3v) is 5.20. The number of hydrogen-bond donors (Lipinski definition) is 1. The van der Waals surface area contributed by atoms with Gasteiger partial charge in [0.2, 0.25) is 5.91 Å². The maximum Gasteiger partial charge on any atom is 0.226 e. The van der Waals surface area contributed by atoms with Crippen molar-refractivity contribution in [2.75, 3.05) is 13.6 Å². The minimum atomic E-state index is -0.667. The highest BCUT2D eigenvalue weighted by Gasteiger charge is 2.47. The molecule has 2 atom stereocenters. The van der Waals surface area contributed by atoms with Crippen molar-refractivity contribution < 1.29 is 9.90 Å². The Morgan fingerprint density at radius 1 is 1.38 bits per heavy atom. The number of carbonyl (C=O) groups is 1. The fourth-order valence-electron chi connectivity index (χ4n) is 3.58. The van der Waals surface area contributed by atoms with Crippen molar-refractivity contribution >= 4 is 17.5 Å². The smallest absolute Gasteiger partial charge is 0.226 e. The Morgan fingerprint density at radius 2 is 2.05 bits per heavy atom. The highest BCUT2D eigenvalue weighted by Crippen LogP contribution is 2.50. The van der Waals surface area contributed by atoms with E-state index in [0.717, 1.165) is 42.7 Å². The summed E-state index contributed by atoms with van der Waals surface area (Å²) in [7, 11) is 1.81. The number of likely N-dealkylation sites (N-methyl/N-ethyl adjacent to an activating group) is 1. The molecule has 4 heteroatoms. The zero-order valence-electron chi connectivity index (χ0n) is 12.4. The van der Waals surface area contributed by atoms with E-state index in [1.165, 1.54) is 0 Å². The molecule has 3 rings (SSSR count). The lowest BCUT2D eigenvalue weighted by Crippen LogP contribution is -2.42. The number of benzene rings is 1. The zero-order chi connectivity index (χ0) is 15.0. The molecule has 1 amide bonds. The molecule has 2 aliphatic rings. The Labute approximate surface area is 130 Å². The van der Waals surface area contributed by atoms with E-state index in [4.69, 9.17) is 11.6 Å². The molecule has 2 fully saturated rings. The van der Waals surface area contributed by atoms with E-state index >= 15 is 0 Å². The normalized spacial score (nSPS) is 26.6. The first-order chi connectivity index (χ1) is 10.0. The van der Waals surface area contributed by atoms with Crippen molar-refractivity contribution in [3.8, 4) is 0 Å². The van der Waals surface area contributed by atoms with E-state index in [0.29, 0.717) is 6.54 Å². The zero-order valence-corrected chi connectivity index (χ0v) is 13.1. The highest BCUT2D eigenvalue weighted by atomic mass is 35.5. The quantitative estimate of drug-likeness (QED) is 0.928. The average molecular weight is 308 g/mol. The lowest BCUT2D eigenvalue weighted by molar-refractivity contribution is -0.134. The fraction of sp³-hybridized carbons (Fsp3) is 0.588. The van der Waals surface area contributed by atoms with Gasteiger partial charge in [-0.2, -0.15) is 0 Å². The third kappa shape index (κ3) is 3.09. The monoisotopic (exact) mass is 307 g/mol. The predicted molar refractivity (Wildman–Crippen MR) is 83.4 cm³/mol. The first kappa shape index (κ1) is 14.9. The minimum Gasteiger partial charge on any atom is -0.388 e. The maximum absolute atomic E-state index is 12.5. The molecule has 0 saturated heterocycles. The molecule has 1 aromatic carbocycles. The van der Waals surface area contributed by atoms with Crippen molar-refractivity contribution in [3.05, 3.63) is 34.9 Å². The Morgan fingerprint density at radius 3 is 2.71 bits per heavy atom. The molecule has 0 aliphatic heterocycles. The van der Waals surface area contributed by atoms with Crippen LogP contribution in [-0.4, -0.2) is 35.1 Å². The van der Waals surface area contributed by atoms with Gasteiger partial charge in [0, 0.05) is 24.5 Å². The molecule has 21 heavy (non-hydrogen) atoms. The Bertz CT molecular complexity index is 539. The summed E-state index contributed by atoms with van der Waals surface area (Å²) < 4.78 is 0. The fourth-order valence-corrected chi connectivity index (χ4v) is 3.86. The van der Waals surface area contributed by atoms with Gasteiger partial charge >= 0.3 is 0 Å². The molecule has 114 valence electrons. The second-order valence-corrected chi connectivity index (χ2v) is 7.00. The molecule has 0 heterocycles. The highest BCUT2D eigenvalue weighted by molar-refractivity contribution is 6.31. The molecule has 0 bridgehead atoms. The summed E-state index contributed by atoms with van der Waals surface area (Å²) >= 11 is 6.20. The van der Waals surface area contributed by atoms with Crippen LogP contribution in [-0.2, 0) is 4.79 Å². The van der Waals surface area contributed by atoms with Gasteiger partial charge in [-0.25, -0.2) is 0 Å². The number of hydrogen-bond acceptors (Lipinski definition) is 2. The molecule has 0 radical (unpaired) electrons. The molecular weight excluding hydrogens is 286 g/mol. The third-order valence-electron chi connectivity index (χ3n) is 4.85. The second-order valence-electron chi connectivity index (χ2n) is 6.60. The van der Waals surface area contributed by atoms with E-state index < -0.39 is 5.60 Å². The van der Waals surface area contributed by atoms with Crippen LogP contribution in [0.4, 0.5) is 0 Å². The van der Waals surface area contributed by atoms with Crippen molar-refractivity contribution in [3.63, 3.8) is 0 Å². The van der Waals surface area contributed by atoms with Crippen LogP contribution in [0.1, 0.15) is 43.6 Å². The summed E-state index contributed by atoms with van der Waals surface area (Å²) in [5.41, 5.74) is 0.407. The molecular formula is C17H22ClNO2. The lowest BCUT2D eigenvalue weighted by Gasteiger charge is -2.28. The van der Waals surface area contributed by atoms with E-state index in [2.05, 4.69) is 0 Å². The van der Waals surface area contributed by atoms with Gasteiger partial charge in [0.15, 0.2) is 0 Å². The summed E-state index contributed by atoms with van der Waals surface area (Å²) in [6.45, 7) is 0.456. The van der Waals surface area contributed by atoms with Gasteiger partial charge in [-0.3, -0.25) is 4.79 Å². The van der Waals surface area contributed by atoms with Crippen LogP contribution in [0.2, 0.25) is 5.02 Å². The van der Waals surface area contributed by atoms with E-state index in [-0.39, 0.29) is 17.7 Å². The number of halogens is 1. The van der Waals surface area contributed by atoms with Gasteiger partial charge in [0.05, 0.1) is 5.60 Å². The van der Waals surface area contributed by atoms with Crippen LogP contribution in [0.25, 0.3) is 0 Å². The summed E-state index contributed by atoms with van der Waals surface area (Å²) in [6.07, 6.45) is 4.60. The molecule has 1 aromatic rings. The average Bonchev–Trinajstić information content (AvgIpc) is 3.13. The summed E-state index contributed by atoms with van der Waals surface area (Å²) in [5.74, 6) is 0.409. The molecule has 2 aliphatic carbocycles. The number of amides is 1. The summed E-state index contributed by atoms with van der Waals surface area (Å²) in [6, 6.07) is 7.76. The predicted octanol–water partition coefficient (Wildman–Crippen LogP) is 3.21. The number of rotatable bonds is 4. The summed E-state index contributed by atoms with van der Waals surface area (Å²) in [5, 5.41) is 11.2. The topological polar surface area (TPSA) is 40.5 Å². The molecule has 0 spiro atoms. The van der Waals surface area contributed by atoms with E-state index in [1.807, 2.05) is 24.3 Å². The summed E-state index contributed by atoms with van der Waals surface area (Å²) in [4.78, 5) is 14.2. The standard InChI is InChI=1S/C17H22ClNO2/c1-19(11-17(21)8-4-5-9-17)16(20)14-10-13(14)12-6-2-3-7-15(12)18/h2-3,6-7,13-14,21H,4-5,8-11H2,1H3. The van der Waals surface area contributed by atoms with Crippen LogP contribution in [0.5, 0.6) is 0 Å². The second kappa shape index (κ2) is 5.62. The first-order valence-corrected chi connectivity index (χ1v) is 8.10. The Hall–Kier alpha value is -1.06. The lowest BCUT2D eigenvalue weighted by atomic mass is 10.0. The Balaban J connectivity index is 1.61. The minimum absolute atomic E-state index is 0.0277. The molecule has 1 N–H and O–H groups in total. The first-order valence-electron chi connectivity index (χ1n) is 7.72. The SMILES string of the molecule is CN(CC1(O)CCCC1)C(=O)C1CC1c1ccccc1Cl. The van der Waals surface area contributed by atoms with E-state index in [9.17, 15) is 9.90 Å². The largest absolute Gasteiger partial charge is 0.388 e. The van der Waals surface area contributed by atoms with E-state index in [1.54, 1.807) is 11.9 Å². The van der Waals surface area contributed by atoms with Gasteiger partial charge in [0.1, 0.15) is 0 Å². The number of carbonyl (C=O) groups excluding carboxylic acids is 1. The van der Waals surface area contributed by atoms with Crippen LogP contribution < -0.4 is 0 Å². The van der Waals surface area contributed by atoms with Gasteiger partial charge in [-0.15, -0.1) is 0 Å². The molecule has 0 aromatic heterocycles. The molecule has 2 saturated carbocycles. The van der Waals surface area contributed by atoms with Crippen molar-refractivity contribution in [2.45, 2.75) is 43.6 Å². The van der Waals surface area contributed by atoms with Crippen LogP contribution >= 0.6 is 11.6 Å².